The number of rotatable bonds is 4. The zero-order valence-corrected chi connectivity index (χ0v) is 12.0. The number of carbonyl (C=O) groups is 1. The van der Waals surface area contributed by atoms with Crippen molar-refractivity contribution in [2.45, 2.75) is 45.6 Å². The van der Waals surface area contributed by atoms with E-state index in [1.54, 1.807) is 4.68 Å². The van der Waals surface area contributed by atoms with Crippen molar-refractivity contribution in [2.75, 3.05) is 11.9 Å². The van der Waals surface area contributed by atoms with E-state index in [2.05, 4.69) is 17.3 Å². The van der Waals surface area contributed by atoms with Crippen LogP contribution in [-0.2, 0) is 23.0 Å². The van der Waals surface area contributed by atoms with Crippen LogP contribution in [0, 0.1) is 5.92 Å². The standard InChI is InChI=1S/C14H23N3O2/c1-4-6-11-9-13(17(3)16-11)15-14(18)12-7-5-8-19-10(12)2/h9-10,12H,4-8H2,1-3H3,(H,15,18). The summed E-state index contributed by atoms with van der Waals surface area (Å²) in [4.78, 5) is 12.3. The molecule has 1 fully saturated rings. The summed E-state index contributed by atoms with van der Waals surface area (Å²) in [5, 5.41) is 7.36. The smallest absolute Gasteiger partial charge is 0.231 e. The number of aromatic nitrogens is 2. The van der Waals surface area contributed by atoms with Gasteiger partial charge in [0.05, 0.1) is 17.7 Å². The molecule has 1 saturated heterocycles. The molecule has 0 aromatic carbocycles. The van der Waals surface area contributed by atoms with Crippen molar-refractivity contribution in [3.8, 4) is 0 Å². The minimum absolute atomic E-state index is 0.00269. The van der Waals surface area contributed by atoms with Gasteiger partial charge in [-0.1, -0.05) is 13.3 Å². The molecule has 19 heavy (non-hydrogen) atoms. The second kappa shape index (κ2) is 6.19. The number of aryl methyl sites for hydroxylation is 2. The Morgan fingerprint density at radius 1 is 1.63 bits per heavy atom. The van der Waals surface area contributed by atoms with Gasteiger partial charge in [0.2, 0.25) is 5.91 Å². The fourth-order valence-corrected chi connectivity index (χ4v) is 2.51. The topological polar surface area (TPSA) is 56.1 Å². The minimum Gasteiger partial charge on any atom is -0.378 e. The molecule has 0 spiro atoms. The maximum Gasteiger partial charge on any atom is 0.231 e. The zero-order chi connectivity index (χ0) is 13.8. The Labute approximate surface area is 114 Å². The number of nitrogens with zero attached hydrogens (tertiary/aromatic N) is 2. The van der Waals surface area contributed by atoms with Gasteiger partial charge < -0.3 is 10.1 Å². The molecular formula is C14H23N3O2. The van der Waals surface area contributed by atoms with Crippen molar-refractivity contribution in [1.29, 1.82) is 0 Å². The van der Waals surface area contributed by atoms with E-state index in [1.165, 1.54) is 0 Å². The number of ether oxygens (including phenoxy) is 1. The summed E-state index contributed by atoms with van der Waals surface area (Å²) in [6.07, 6.45) is 3.84. The van der Waals surface area contributed by atoms with Gasteiger partial charge in [0.15, 0.2) is 0 Å². The van der Waals surface area contributed by atoms with Crippen LogP contribution in [0.2, 0.25) is 0 Å². The van der Waals surface area contributed by atoms with Gasteiger partial charge in [0.1, 0.15) is 5.82 Å². The van der Waals surface area contributed by atoms with E-state index >= 15 is 0 Å². The van der Waals surface area contributed by atoms with E-state index in [1.807, 2.05) is 20.0 Å². The average molecular weight is 265 g/mol. The fourth-order valence-electron chi connectivity index (χ4n) is 2.51. The van der Waals surface area contributed by atoms with Crippen molar-refractivity contribution < 1.29 is 9.53 Å². The molecule has 5 heteroatoms. The number of carbonyl (C=O) groups excluding carboxylic acids is 1. The lowest BCUT2D eigenvalue weighted by molar-refractivity contribution is -0.127. The second-order valence-corrected chi connectivity index (χ2v) is 5.21. The molecule has 1 aliphatic heterocycles. The summed E-state index contributed by atoms with van der Waals surface area (Å²) >= 11 is 0. The van der Waals surface area contributed by atoms with Crippen molar-refractivity contribution >= 4 is 11.7 Å². The molecule has 2 unspecified atom stereocenters. The zero-order valence-electron chi connectivity index (χ0n) is 12.0. The Morgan fingerprint density at radius 3 is 3.11 bits per heavy atom. The number of nitrogens with one attached hydrogen (secondary N) is 1. The fraction of sp³-hybridized carbons (Fsp3) is 0.714. The molecule has 1 aromatic heterocycles. The van der Waals surface area contributed by atoms with Crippen LogP contribution in [0.25, 0.3) is 0 Å². The van der Waals surface area contributed by atoms with Crippen LogP contribution in [0.3, 0.4) is 0 Å². The molecule has 2 rings (SSSR count). The predicted octanol–water partition coefficient (Wildman–Crippen LogP) is 2.13. The first-order valence-electron chi connectivity index (χ1n) is 7.07. The summed E-state index contributed by atoms with van der Waals surface area (Å²) in [5.74, 6) is 0.753. The quantitative estimate of drug-likeness (QED) is 0.907. The Kier molecular flexibility index (Phi) is 4.58. The highest BCUT2D eigenvalue weighted by atomic mass is 16.5. The highest BCUT2D eigenvalue weighted by Crippen LogP contribution is 2.22. The second-order valence-electron chi connectivity index (χ2n) is 5.21. The monoisotopic (exact) mass is 265 g/mol. The predicted molar refractivity (Wildman–Crippen MR) is 74.0 cm³/mol. The molecule has 0 radical (unpaired) electrons. The molecule has 0 saturated carbocycles. The maximum absolute atomic E-state index is 12.3. The van der Waals surface area contributed by atoms with Crippen molar-refractivity contribution in [3.05, 3.63) is 11.8 Å². The molecule has 2 atom stereocenters. The van der Waals surface area contributed by atoms with Gasteiger partial charge >= 0.3 is 0 Å². The third kappa shape index (κ3) is 3.35. The first-order chi connectivity index (χ1) is 9.11. The highest BCUT2D eigenvalue weighted by Gasteiger charge is 2.29. The molecule has 1 amide bonds. The number of amides is 1. The maximum atomic E-state index is 12.3. The lowest BCUT2D eigenvalue weighted by Crippen LogP contribution is -2.36. The summed E-state index contributed by atoms with van der Waals surface area (Å²) in [7, 11) is 1.86. The van der Waals surface area contributed by atoms with Crippen molar-refractivity contribution in [1.82, 2.24) is 9.78 Å². The van der Waals surface area contributed by atoms with Crippen molar-refractivity contribution in [2.24, 2.45) is 13.0 Å². The summed E-state index contributed by atoms with van der Waals surface area (Å²) in [6.45, 7) is 4.85. The largest absolute Gasteiger partial charge is 0.378 e. The van der Waals surface area contributed by atoms with Crippen LogP contribution in [0.1, 0.15) is 38.8 Å². The van der Waals surface area contributed by atoms with Crippen molar-refractivity contribution in [3.63, 3.8) is 0 Å². The van der Waals surface area contributed by atoms with Crippen LogP contribution in [-0.4, -0.2) is 28.4 Å². The van der Waals surface area contributed by atoms with Gasteiger partial charge in [-0.3, -0.25) is 9.48 Å². The molecule has 0 aliphatic carbocycles. The van der Waals surface area contributed by atoms with Crippen LogP contribution in [0.4, 0.5) is 5.82 Å². The Morgan fingerprint density at radius 2 is 2.42 bits per heavy atom. The summed E-state index contributed by atoms with van der Waals surface area (Å²) in [5.41, 5.74) is 1.02. The highest BCUT2D eigenvalue weighted by molar-refractivity contribution is 5.92. The van der Waals surface area contributed by atoms with Gasteiger partial charge in [-0.2, -0.15) is 5.10 Å². The molecule has 1 aromatic rings. The Hall–Kier alpha value is -1.36. The third-order valence-corrected chi connectivity index (χ3v) is 3.63. The number of hydrogen-bond donors (Lipinski definition) is 1. The molecule has 2 heterocycles. The van der Waals surface area contributed by atoms with E-state index in [-0.39, 0.29) is 17.9 Å². The van der Waals surface area contributed by atoms with Crippen LogP contribution >= 0.6 is 0 Å². The van der Waals surface area contributed by atoms with E-state index in [9.17, 15) is 4.79 Å². The number of hydrogen-bond acceptors (Lipinski definition) is 3. The molecular weight excluding hydrogens is 242 g/mol. The third-order valence-electron chi connectivity index (χ3n) is 3.63. The molecule has 0 bridgehead atoms. The number of anilines is 1. The first-order valence-corrected chi connectivity index (χ1v) is 7.07. The van der Waals surface area contributed by atoms with E-state index in [0.717, 1.165) is 43.8 Å². The summed E-state index contributed by atoms with van der Waals surface area (Å²) in [6, 6.07) is 1.95. The molecule has 1 aliphatic rings. The minimum atomic E-state index is -0.0572. The molecule has 106 valence electrons. The van der Waals surface area contributed by atoms with Gasteiger partial charge in [0.25, 0.3) is 0 Å². The van der Waals surface area contributed by atoms with E-state index < -0.39 is 0 Å². The Bertz CT molecular complexity index is 442. The summed E-state index contributed by atoms with van der Waals surface area (Å²) < 4.78 is 7.27. The normalized spacial score (nSPS) is 23.3. The van der Waals surface area contributed by atoms with Gasteiger partial charge in [0, 0.05) is 19.7 Å². The lowest BCUT2D eigenvalue weighted by atomic mass is 9.94. The van der Waals surface area contributed by atoms with Crippen LogP contribution in [0.15, 0.2) is 6.07 Å². The Balaban J connectivity index is 2.01. The average Bonchev–Trinajstić information content (AvgIpc) is 2.70. The van der Waals surface area contributed by atoms with Crippen LogP contribution in [0.5, 0.6) is 0 Å². The van der Waals surface area contributed by atoms with E-state index in [0.29, 0.717) is 0 Å². The van der Waals surface area contributed by atoms with Crippen LogP contribution < -0.4 is 5.32 Å². The van der Waals surface area contributed by atoms with Gasteiger partial charge in [-0.15, -0.1) is 0 Å². The van der Waals surface area contributed by atoms with Gasteiger partial charge in [-0.05, 0) is 26.2 Å². The van der Waals surface area contributed by atoms with E-state index in [4.69, 9.17) is 4.74 Å². The molecule has 1 N–H and O–H groups in total. The molecule has 5 nitrogen and oxygen atoms in total. The SMILES string of the molecule is CCCc1cc(NC(=O)C2CCCOC2C)n(C)n1. The first kappa shape index (κ1) is 14.1. The van der Waals surface area contributed by atoms with Gasteiger partial charge in [-0.25, -0.2) is 0 Å². The lowest BCUT2D eigenvalue weighted by Gasteiger charge is -2.27.